The molecule has 0 saturated heterocycles. The van der Waals surface area contributed by atoms with Crippen LogP contribution in [0.3, 0.4) is 0 Å². The van der Waals surface area contributed by atoms with E-state index in [9.17, 15) is 13.2 Å². The van der Waals surface area contributed by atoms with Crippen LogP contribution in [0.1, 0.15) is 30.9 Å². The Morgan fingerprint density at radius 1 is 1.11 bits per heavy atom. The van der Waals surface area contributed by atoms with Crippen LogP contribution in [-0.2, 0) is 25.8 Å². The standard InChI is InChI=1S/C20H22ClNO4S/c1-3-13-5-7-14(8-6-13)17-18(20(17,22)19(23)26-4-2)27(24,25)16-11-9-15(21)10-12-16/h5-12,17-18H,3-4,22H2,1-2H3/t17-,18+,20+/m1/s1. The van der Waals surface area contributed by atoms with Crippen molar-refractivity contribution in [2.45, 2.75) is 41.9 Å². The van der Waals surface area contributed by atoms with Gasteiger partial charge in [-0.3, -0.25) is 0 Å². The van der Waals surface area contributed by atoms with Crippen LogP contribution in [0.4, 0.5) is 0 Å². The first kappa shape index (κ1) is 19.9. The Hall–Kier alpha value is -1.89. The van der Waals surface area contributed by atoms with Crippen molar-refractivity contribution in [2.24, 2.45) is 5.73 Å². The smallest absolute Gasteiger partial charge is 0.328 e. The van der Waals surface area contributed by atoms with E-state index in [1.165, 1.54) is 24.3 Å². The Kier molecular flexibility index (Phi) is 5.34. The number of benzene rings is 2. The van der Waals surface area contributed by atoms with Gasteiger partial charge in [0.25, 0.3) is 0 Å². The van der Waals surface area contributed by atoms with Gasteiger partial charge in [0.05, 0.1) is 11.5 Å². The first-order valence-corrected chi connectivity index (χ1v) is 10.7. The molecular formula is C20H22ClNO4S. The van der Waals surface area contributed by atoms with Crippen LogP contribution >= 0.6 is 11.6 Å². The minimum atomic E-state index is -3.85. The minimum Gasteiger partial charge on any atom is -0.465 e. The number of carbonyl (C=O) groups excluding carboxylic acids is 1. The van der Waals surface area contributed by atoms with Gasteiger partial charge in [0, 0.05) is 10.9 Å². The SMILES string of the molecule is CCOC(=O)[C@]1(N)[C@H](c2ccc(CC)cc2)[C@@H]1S(=O)(=O)c1ccc(Cl)cc1. The Morgan fingerprint density at radius 3 is 2.22 bits per heavy atom. The van der Waals surface area contributed by atoms with Gasteiger partial charge in [0.1, 0.15) is 10.8 Å². The number of hydrogen-bond acceptors (Lipinski definition) is 5. The van der Waals surface area contributed by atoms with E-state index in [-0.39, 0.29) is 11.5 Å². The van der Waals surface area contributed by atoms with Crippen LogP contribution in [0.15, 0.2) is 53.4 Å². The molecule has 0 bridgehead atoms. The predicted octanol–water partition coefficient (Wildman–Crippen LogP) is 3.10. The number of nitrogens with two attached hydrogens (primary N) is 1. The molecule has 0 aliphatic heterocycles. The maximum absolute atomic E-state index is 13.2. The van der Waals surface area contributed by atoms with Crippen molar-refractivity contribution in [3.63, 3.8) is 0 Å². The van der Waals surface area contributed by atoms with Gasteiger partial charge in [-0.15, -0.1) is 0 Å². The molecule has 2 N–H and O–H groups in total. The number of esters is 1. The highest BCUT2D eigenvalue weighted by atomic mass is 35.5. The van der Waals surface area contributed by atoms with Crippen LogP contribution in [0.2, 0.25) is 5.02 Å². The Balaban J connectivity index is 2.04. The molecule has 0 aromatic heterocycles. The fourth-order valence-corrected chi connectivity index (χ4v) is 5.84. The van der Waals surface area contributed by atoms with E-state index in [0.29, 0.717) is 10.6 Å². The summed E-state index contributed by atoms with van der Waals surface area (Å²) in [5, 5.41) is -0.654. The second-order valence-electron chi connectivity index (χ2n) is 6.65. The highest BCUT2D eigenvalue weighted by Crippen LogP contribution is 2.56. The van der Waals surface area contributed by atoms with Crippen LogP contribution in [0, 0.1) is 0 Å². The van der Waals surface area contributed by atoms with Crippen molar-refractivity contribution in [1.29, 1.82) is 0 Å². The van der Waals surface area contributed by atoms with E-state index in [2.05, 4.69) is 0 Å². The van der Waals surface area contributed by atoms with Gasteiger partial charge in [0.2, 0.25) is 0 Å². The van der Waals surface area contributed by atoms with Crippen molar-refractivity contribution in [1.82, 2.24) is 0 Å². The van der Waals surface area contributed by atoms with Gasteiger partial charge in [-0.1, -0.05) is 42.8 Å². The summed E-state index contributed by atoms with van der Waals surface area (Å²) in [4.78, 5) is 12.6. The topological polar surface area (TPSA) is 86.5 Å². The third-order valence-electron chi connectivity index (χ3n) is 5.03. The van der Waals surface area contributed by atoms with Crippen molar-refractivity contribution in [3.05, 3.63) is 64.7 Å². The number of halogens is 1. The summed E-state index contributed by atoms with van der Waals surface area (Å²) in [5.41, 5.74) is 6.57. The summed E-state index contributed by atoms with van der Waals surface area (Å²) >= 11 is 5.86. The zero-order valence-electron chi connectivity index (χ0n) is 15.2. The lowest BCUT2D eigenvalue weighted by atomic mass is 10.0. The van der Waals surface area contributed by atoms with Crippen LogP contribution in [0.25, 0.3) is 0 Å². The largest absolute Gasteiger partial charge is 0.465 e. The number of rotatable bonds is 6. The van der Waals surface area contributed by atoms with Gasteiger partial charge >= 0.3 is 5.97 Å². The molecule has 0 radical (unpaired) electrons. The number of sulfone groups is 1. The zero-order chi connectivity index (χ0) is 19.8. The molecular weight excluding hydrogens is 386 g/mol. The number of hydrogen-bond donors (Lipinski definition) is 1. The van der Waals surface area contributed by atoms with E-state index < -0.39 is 32.5 Å². The molecule has 3 rings (SSSR count). The third kappa shape index (κ3) is 3.37. The highest BCUT2D eigenvalue weighted by Gasteiger charge is 2.74. The number of aryl methyl sites for hydroxylation is 1. The third-order valence-corrected chi connectivity index (χ3v) is 7.54. The first-order valence-electron chi connectivity index (χ1n) is 8.81. The van der Waals surface area contributed by atoms with E-state index in [1.807, 2.05) is 31.2 Å². The van der Waals surface area contributed by atoms with E-state index in [0.717, 1.165) is 12.0 Å². The summed E-state index contributed by atoms with van der Waals surface area (Å²) in [6.45, 7) is 3.83. The number of ether oxygens (including phenoxy) is 1. The first-order chi connectivity index (χ1) is 12.8. The van der Waals surface area contributed by atoms with Crippen molar-refractivity contribution in [2.75, 3.05) is 6.61 Å². The van der Waals surface area contributed by atoms with Crippen molar-refractivity contribution in [3.8, 4) is 0 Å². The summed E-state index contributed by atoms with van der Waals surface area (Å²) < 4.78 is 31.5. The second kappa shape index (κ2) is 7.26. The molecule has 1 aliphatic rings. The van der Waals surface area contributed by atoms with Crippen molar-refractivity contribution < 1.29 is 17.9 Å². The molecule has 0 heterocycles. The fourth-order valence-electron chi connectivity index (χ4n) is 3.49. The molecule has 2 aromatic carbocycles. The van der Waals surface area contributed by atoms with Crippen LogP contribution in [0.5, 0.6) is 0 Å². The molecule has 3 atom stereocenters. The van der Waals surface area contributed by atoms with Gasteiger partial charge in [-0.2, -0.15) is 0 Å². The molecule has 0 spiro atoms. The monoisotopic (exact) mass is 407 g/mol. The van der Waals surface area contributed by atoms with E-state index >= 15 is 0 Å². The summed E-state index contributed by atoms with van der Waals surface area (Å²) in [6, 6.07) is 13.4. The minimum absolute atomic E-state index is 0.0868. The van der Waals surface area contributed by atoms with Gasteiger partial charge in [-0.05, 0) is 48.7 Å². The molecule has 2 aromatic rings. The second-order valence-corrected chi connectivity index (χ2v) is 9.15. The van der Waals surface area contributed by atoms with Crippen LogP contribution < -0.4 is 5.73 Å². The highest BCUT2D eigenvalue weighted by molar-refractivity contribution is 7.92. The maximum Gasteiger partial charge on any atom is 0.328 e. The lowest BCUT2D eigenvalue weighted by molar-refractivity contribution is -0.145. The Morgan fingerprint density at radius 2 is 1.70 bits per heavy atom. The molecule has 1 saturated carbocycles. The van der Waals surface area contributed by atoms with Crippen LogP contribution in [-0.4, -0.2) is 31.8 Å². The average molecular weight is 408 g/mol. The molecule has 7 heteroatoms. The Bertz CT molecular complexity index is 941. The summed E-state index contributed by atoms with van der Waals surface area (Å²) in [5.74, 6) is -1.36. The van der Waals surface area contributed by atoms with E-state index in [1.54, 1.807) is 6.92 Å². The molecule has 0 amide bonds. The average Bonchev–Trinajstić information content (AvgIpc) is 3.31. The summed E-state index contributed by atoms with van der Waals surface area (Å²) in [7, 11) is -3.85. The fraction of sp³-hybridized carbons (Fsp3) is 0.350. The van der Waals surface area contributed by atoms with Crippen molar-refractivity contribution >= 4 is 27.4 Å². The van der Waals surface area contributed by atoms with Gasteiger partial charge < -0.3 is 10.5 Å². The molecule has 5 nitrogen and oxygen atoms in total. The zero-order valence-corrected chi connectivity index (χ0v) is 16.8. The molecule has 144 valence electrons. The predicted molar refractivity (Wildman–Crippen MR) is 105 cm³/mol. The number of carbonyl (C=O) groups is 1. The quantitative estimate of drug-likeness (QED) is 0.743. The lowest BCUT2D eigenvalue weighted by Gasteiger charge is -2.11. The maximum atomic E-state index is 13.2. The Labute approximate surface area is 164 Å². The lowest BCUT2D eigenvalue weighted by Crippen LogP contribution is -2.41. The van der Waals surface area contributed by atoms with Gasteiger partial charge in [-0.25, -0.2) is 13.2 Å². The van der Waals surface area contributed by atoms with Gasteiger partial charge in [0.15, 0.2) is 9.84 Å². The van der Waals surface area contributed by atoms with E-state index in [4.69, 9.17) is 22.1 Å². The normalized spacial score (nSPS) is 24.4. The molecule has 1 fully saturated rings. The summed E-state index contributed by atoms with van der Waals surface area (Å²) in [6.07, 6.45) is 0.864. The molecule has 0 unspecified atom stereocenters. The molecule has 27 heavy (non-hydrogen) atoms. The molecule has 1 aliphatic carbocycles.